The van der Waals surface area contributed by atoms with Gasteiger partial charge in [-0.3, -0.25) is 0 Å². The van der Waals surface area contributed by atoms with Crippen LogP contribution in [0.25, 0.3) is 0 Å². The smallest absolute Gasteiger partial charge is 0.216 e. The second-order valence-electron chi connectivity index (χ2n) is 1.59. The van der Waals surface area contributed by atoms with Gasteiger partial charge in [-0.25, -0.2) is 9.97 Å². The first-order chi connectivity index (χ1) is 4.93. The van der Waals surface area contributed by atoms with Crippen LogP contribution in [-0.2, 0) is 0 Å². The van der Waals surface area contributed by atoms with Gasteiger partial charge in [0.1, 0.15) is 12.9 Å². The molecule has 3 nitrogen and oxygen atoms in total. The van der Waals surface area contributed by atoms with Crippen molar-refractivity contribution in [2.24, 2.45) is 0 Å². The van der Waals surface area contributed by atoms with Gasteiger partial charge in [0.05, 0.1) is 5.88 Å². The highest BCUT2D eigenvalue weighted by Gasteiger charge is 1.89. The fourth-order valence-electron chi connectivity index (χ4n) is 0.507. The van der Waals surface area contributed by atoms with Gasteiger partial charge >= 0.3 is 0 Å². The first kappa shape index (κ1) is 7.28. The van der Waals surface area contributed by atoms with Gasteiger partial charge in [-0.15, -0.1) is 11.6 Å². The zero-order valence-electron chi connectivity index (χ0n) is 5.33. The van der Waals surface area contributed by atoms with E-state index in [1.54, 1.807) is 12.3 Å². The summed E-state index contributed by atoms with van der Waals surface area (Å²) in [5.74, 6) is 1.04. The third-order valence-electron chi connectivity index (χ3n) is 0.882. The Labute approximate surface area is 64.0 Å². The number of ether oxygens (including phenoxy) is 1. The fourth-order valence-corrected chi connectivity index (χ4v) is 0.584. The lowest BCUT2D eigenvalue weighted by molar-refractivity contribution is 0.328. The van der Waals surface area contributed by atoms with Crippen LogP contribution in [0.2, 0.25) is 0 Å². The van der Waals surface area contributed by atoms with E-state index in [9.17, 15) is 0 Å². The zero-order chi connectivity index (χ0) is 7.23. The van der Waals surface area contributed by atoms with Gasteiger partial charge in [0.25, 0.3) is 0 Å². The molecule has 1 heterocycles. The van der Waals surface area contributed by atoms with Gasteiger partial charge in [-0.2, -0.15) is 0 Å². The lowest BCUT2D eigenvalue weighted by Crippen LogP contribution is -1.99. The van der Waals surface area contributed by atoms with Gasteiger partial charge in [0.15, 0.2) is 0 Å². The summed E-state index contributed by atoms with van der Waals surface area (Å²) in [6, 6.07) is 1.69. The van der Waals surface area contributed by atoms with Crippen molar-refractivity contribution in [1.29, 1.82) is 0 Å². The van der Waals surface area contributed by atoms with Crippen LogP contribution >= 0.6 is 11.6 Å². The molecule has 0 amide bonds. The van der Waals surface area contributed by atoms with Crippen LogP contribution in [0.5, 0.6) is 5.88 Å². The van der Waals surface area contributed by atoms with Crippen LogP contribution in [0, 0.1) is 0 Å². The minimum atomic E-state index is 0.476. The molecule has 0 aliphatic rings. The Morgan fingerprint density at radius 1 is 1.60 bits per heavy atom. The molecule has 0 unspecified atom stereocenters. The van der Waals surface area contributed by atoms with E-state index in [2.05, 4.69) is 9.97 Å². The molecular weight excluding hydrogens is 152 g/mol. The normalized spacial score (nSPS) is 9.30. The number of aromatic nitrogens is 2. The largest absolute Gasteiger partial charge is 0.476 e. The quantitative estimate of drug-likeness (QED) is 0.618. The minimum absolute atomic E-state index is 0.476. The predicted octanol–water partition coefficient (Wildman–Crippen LogP) is 1.09. The molecule has 1 aromatic heterocycles. The topological polar surface area (TPSA) is 35.0 Å². The molecule has 0 aliphatic heterocycles. The Kier molecular flexibility index (Phi) is 2.96. The predicted molar refractivity (Wildman–Crippen MR) is 38.2 cm³/mol. The Hall–Kier alpha value is -0.830. The van der Waals surface area contributed by atoms with E-state index in [4.69, 9.17) is 16.3 Å². The second-order valence-corrected chi connectivity index (χ2v) is 1.96. The summed E-state index contributed by atoms with van der Waals surface area (Å²) in [6.45, 7) is 0.485. The molecule has 0 fully saturated rings. The van der Waals surface area contributed by atoms with Crippen molar-refractivity contribution in [2.45, 2.75) is 0 Å². The van der Waals surface area contributed by atoms with Gasteiger partial charge in [-0.05, 0) is 0 Å². The fraction of sp³-hybridized carbons (Fsp3) is 0.333. The van der Waals surface area contributed by atoms with Crippen LogP contribution in [-0.4, -0.2) is 22.5 Å². The Morgan fingerprint density at radius 3 is 3.10 bits per heavy atom. The molecule has 0 atom stereocenters. The number of hydrogen-bond acceptors (Lipinski definition) is 3. The van der Waals surface area contributed by atoms with E-state index in [0.717, 1.165) is 0 Å². The standard InChI is InChI=1S/C6H7ClN2O/c7-2-4-10-6-1-3-8-5-9-6/h1,3,5H,2,4H2. The van der Waals surface area contributed by atoms with E-state index >= 15 is 0 Å². The van der Waals surface area contributed by atoms with Gasteiger partial charge in [-0.1, -0.05) is 0 Å². The maximum Gasteiger partial charge on any atom is 0.216 e. The molecule has 4 heteroatoms. The van der Waals surface area contributed by atoms with Crippen molar-refractivity contribution in [2.75, 3.05) is 12.5 Å². The molecule has 0 spiro atoms. The van der Waals surface area contributed by atoms with Crippen LogP contribution in [0.1, 0.15) is 0 Å². The highest BCUT2D eigenvalue weighted by atomic mass is 35.5. The molecule has 0 N–H and O–H groups in total. The molecule has 0 saturated heterocycles. The Bertz CT molecular complexity index is 180. The second kappa shape index (κ2) is 4.06. The van der Waals surface area contributed by atoms with Crippen molar-refractivity contribution < 1.29 is 4.74 Å². The van der Waals surface area contributed by atoms with Crippen LogP contribution in [0.15, 0.2) is 18.6 Å². The molecule has 10 heavy (non-hydrogen) atoms. The first-order valence-electron chi connectivity index (χ1n) is 2.88. The lowest BCUT2D eigenvalue weighted by atomic mass is 10.6. The number of nitrogens with zero attached hydrogens (tertiary/aromatic N) is 2. The maximum atomic E-state index is 5.38. The van der Waals surface area contributed by atoms with Crippen LogP contribution < -0.4 is 4.74 Å². The van der Waals surface area contributed by atoms with Crippen molar-refractivity contribution in [3.8, 4) is 5.88 Å². The minimum Gasteiger partial charge on any atom is -0.476 e. The number of hydrogen-bond donors (Lipinski definition) is 0. The summed E-state index contributed by atoms with van der Waals surface area (Å²) >= 11 is 5.38. The molecule has 54 valence electrons. The van der Waals surface area contributed by atoms with E-state index in [1.807, 2.05) is 0 Å². The Balaban J connectivity index is 2.43. The van der Waals surface area contributed by atoms with Gasteiger partial charge in [0, 0.05) is 12.3 Å². The average molecular weight is 159 g/mol. The average Bonchev–Trinajstić information content (AvgIpc) is 2.03. The molecule has 1 aromatic rings. The molecule has 0 aliphatic carbocycles. The van der Waals surface area contributed by atoms with Crippen molar-refractivity contribution in [3.05, 3.63) is 18.6 Å². The zero-order valence-corrected chi connectivity index (χ0v) is 6.08. The number of alkyl halides is 1. The van der Waals surface area contributed by atoms with Gasteiger partial charge in [0.2, 0.25) is 5.88 Å². The van der Waals surface area contributed by atoms with Crippen molar-refractivity contribution >= 4 is 11.6 Å². The van der Waals surface area contributed by atoms with E-state index in [-0.39, 0.29) is 0 Å². The molecule has 0 aromatic carbocycles. The molecule has 1 rings (SSSR count). The number of halogens is 1. The molecule has 0 saturated carbocycles. The summed E-state index contributed by atoms with van der Waals surface area (Å²) in [4.78, 5) is 7.55. The van der Waals surface area contributed by atoms with Crippen LogP contribution in [0.3, 0.4) is 0 Å². The summed E-state index contributed by atoms with van der Waals surface area (Å²) < 4.78 is 5.07. The summed E-state index contributed by atoms with van der Waals surface area (Å²) in [6.07, 6.45) is 3.06. The highest BCUT2D eigenvalue weighted by molar-refractivity contribution is 6.17. The first-order valence-corrected chi connectivity index (χ1v) is 3.41. The molecular formula is C6H7ClN2O. The third kappa shape index (κ3) is 2.19. The monoisotopic (exact) mass is 158 g/mol. The van der Waals surface area contributed by atoms with Gasteiger partial charge < -0.3 is 4.74 Å². The lowest BCUT2D eigenvalue weighted by Gasteiger charge is -1.99. The Morgan fingerprint density at radius 2 is 2.50 bits per heavy atom. The van der Waals surface area contributed by atoms with E-state index < -0.39 is 0 Å². The number of rotatable bonds is 3. The maximum absolute atomic E-state index is 5.38. The van der Waals surface area contributed by atoms with E-state index in [1.165, 1.54) is 6.33 Å². The molecule has 0 bridgehead atoms. The van der Waals surface area contributed by atoms with Crippen LogP contribution in [0.4, 0.5) is 0 Å². The summed E-state index contributed by atoms with van der Waals surface area (Å²) in [5, 5.41) is 0. The van der Waals surface area contributed by atoms with Crippen molar-refractivity contribution in [3.63, 3.8) is 0 Å². The van der Waals surface area contributed by atoms with E-state index in [0.29, 0.717) is 18.4 Å². The summed E-state index contributed by atoms with van der Waals surface area (Å²) in [7, 11) is 0. The SMILES string of the molecule is ClCCOc1ccncn1. The summed E-state index contributed by atoms with van der Waals surface area (Å²) in [5.41, 5.74) is 0. The molecule has 0 radical (unpaired) electrons. The van der Waals surface area contributed by atoms with Crippen molar-refractivity contribution in [1.82, 2.24) is 9.97 Å². The highest BCUT2D eigenvalue weighted by Crippen LogP contribution is 2.00. The third-order valence-corrected chi connectivity index (χ3v) is 1.04.